The SMILES string of the molecule is Cc1ccc(C)c(NC(=O)COC(=O)c2cc3ccccc3cc2O)c1. The van der Waals surface area contributed by atoms with Crippen LogP contribution in [0.15, 0.2) is 54.6 Å². The number of hydrogen-bond donors (Lipinski definition) is 2. The molecule has 0 fully saturated rings. The lowest BCUT2D eigenvalue weighted by Gasteiger charge is -2.10. The van der Waals surface area contributed by atoms with E-state index in [2.05, 4.69) is 5.32 Å². The lowest BCUT2D eigenvalue weighted by molar-refractivity contribution is -0.119. The summed E-state index contributed by atoms with van der Waals surface area (Å²) in [4.78, 5) is 24.3. The molecule has 3 aromatic rings. The number of anilines is 1. The van der Waals surface area contributed by atoms with Crippen LogP contribution in [0.5, 0.6) is 5.75 Å². The van der Waals surface area contributed by atoms with Gasteiger partial charge < -0.3 is 15.2 Å². The van der Waals surface area contributed by atoms with Crippen molar-refractivity contribution in [2.75, 3.05) is 11.9 Å². The summed E-state index contributed by atoms with van der Waals surface area (Å²) in [7, 11) is 0. The summed E-state index contributed by atoms with van der Waals surface area (Å²) in [5.74, 6) is -1.36. The maximum Gasteiger partial charge on any atom is 0.342 e. The average molecular weight is 349 g/mol. The lowest BCUT2D eigenvalue weighted by atomic mass is 10.1. The van der Waals surface area contributed by atoms with E-state index in [-0.39, 0.29) is 11.3 Å². The fourth-order valence-electron chi connectivity index (χ4n) is 2.66. The van der Waals surface area contributed by atoms with E-state index in [0.717, 1.165) is 21.9 Å². The molecule has 132 valence electrons. The van der Waals surface area contributed by atoms with E-state index in [1.165, 1.54) is 6.07 Å². The smallest absolute Gasteiger partial charge is 0.342 e. The zero-order chi connectivity index (χ0) is 18.7. The third-order valence-electron chi connectivity index (χ3n) is 4.09. The van der Waals surface area contributed by atoms with Crippen molar-refractivity contribution in [1.82, 2.24) is 0 Å². The molecule has 0 heterocycles. The van der Waals surface area contributed by atoms with Crippen molar-refractivity contribution < 1.29 is 19.4 Å². The van der Waals surface area contributed by atoms with Gasteiger partial charge in [-0.05, 0) is 53.9 Å². The number of carbonyl (C=O) groups is 2. The molecular weight excluding hydrogens is 330 g/mol. The van der Waals surface area contributed by atoms with E-state index in [0.29, 0.717) is 5.69 Å². The number of nitrogens with one attached hydrogen (secondary N) is 1. The minimum absolute atomic E-state index is 0.0308. The number of carbonyl (C=O) groups excluding carboxylic acids is 2. The Morgan fingerprint density at radius 1 is 1.00 bits per heavy atom. The molecule has 1 amide bonds. The second kappa shape index (κ2) is 7.27. The van der Waals surface area contributed by atoms with Crippen LogP contribution in [0.1, 0.15) is 21.5 Å². The minimum Gasteiger partial charge on any atom is -0.507 e. The molecule has 3 rings (SSSR count). The van der Waals surface area contributed by atoms with Crippen LogP contribution in [0.25, 0.3) is 10.8 Å². The third-order valence-corrected chi connectivity index (χ3v) is 4.09. The topological polar surface area (TPSA) is 75.6 Å². The van der Waals surface area contributed by atoms with Crippen LogP contribution in [0.4, 0.5) is 5.69 Å². The van der Waals surface area contributed by atoms with Gasteiger partial charge in [0.25, 0.3) is 5.91 Å². The molecule has 0 aliphatic carbocycles. The third kappa shape index (κ3) is 3.83. The van der Waals surface area contributed by atoms with Gasteiger partial charge in [0.2, 0.25) is 0 Å². The van der Waals surface area contributed by atoms with Crippen LogP contribution in [0.2, 0.25) is 0 Å². The highest BCUT2D eigenvalue weighted by atomic mass is 16.5. The van der Waals surface area contributed by atoms with Crippen LogP contribution in [0.3, 0.4) is 0 Å². The number of phenols is 1. The molecule has 0 saturated carbocycles. The van der Waals surface area contributed by atoms with E-state index in [9.17, 15) is 14.7 Å². The average Bonchev–Trinajstić information content (AvgIpc) is 2.62. The second-order valence-corrected chi connectivity index (χ2v) is 6.16. The quantitative estimate of drug-likeness (QED) is 0.699. The molecule has 0 unspecified atom stereocenters. The Bertz CT molecular complexity index is 994. The van der Waals surface area contributed by atoms with Crippen molar-refractivity contribution in [3.05, 3.63) is 71.3 Å². The van der Waals surface area contributed by atoms with Crippen molar-refractivity contribution >= 4 is 28.3 Å². The van der Waals surface area contributed by atoms with Gasteiger partial charge in [0, 0.05) is 5.69 Å². The van der Waals surface area contributed by atoms with E-state index < -0.39 is 18.5 Å². The number of amides is 1. The summed E-state index contributed by atoms with van der Waals surface area (Å²) < 4.78 is 5.05. The maximum atomic E-state index is 12.2. The number of ether oxygens (including phenoxy) is 1. The van der Waals surface area contributed by atoms with Gasteiger partial charge in [0.05, 0.1) is 0 Å². The molecule has 3 aromatic carbocycles. The Hall–Kier alpha value is -3.34. The highest BCUT2D eigenvalue weighted by Gasteiger charge is 2.16. The van der Waals surface area contributed by atoms with Gasteiger partial charge in [-0.2, -0.15) is 0 Å². The fourth-order valence-corrected chi connectivity index (χ4v) is 2.66. The number of aryl methyl sites for hydroxylation is 2. The van der Waals surface area contributed by atoms with Gasteiger partial charge in [0.1, 0.15) is 11.3 Å². The number of phenolic OH excluding ortho intramolecular Hbond substituents is 1. The largest absolute Gasteiger partial charge is 0.507 e. The van der Waals surface area contributed by atoms with Crippen LogP contribution >= 0.6 is 0 Å². The fraction of sp³-hybridized carbons (Fsp3) is 0.143. The van der Waals surface area contributed by atoms with Crippen LogP contribution < -0.4 is 5.32 Å². The van der Waals surface area contributed by atoms with Gasteiger partial charge in [-0.15, -0.1) is 0 Å². The number of esters is 1. The van der Waals surface area contributed by atoms with Crippen LogP contribution in [-0.2, 0) is 9.53 Å². The Morgan fingerprint density at radius 3 is 2.42 bits per heavy atom. The molecule has 0 bridgehead atoms. The lowest BCUT2D eigenvalue weighted by Crippen LogP contribution is -2.21. The number of benzene rings is 3. The first-order valence-electron chi connectivity index (χ1n) is 8.20. The molecule has 0 aliphatic rings. The Morgan fingerprint density at radius 2 is 1.69 bits per heavy atom. The Labute approximate surface area is 151 Å². The standard InChI is InChI=1S/C21H19NO4/c1-13-7-8-14(2)18(9-13)22-20(24)12-26-21(25)17-10-15-5-3-4-6-16(15)11-19(17)23/h3-11,23H,12H2,1-2H3,(H,22,24). The van der Waals surface area contributed by atoms with Crippen LogP contribution in [0, 0.1) is 13.8 Å². The predicted molar refractivity (Wildman–Crippen MR) is 100 cm³/mol. The van der Waals surface area contributed by atoms with E-state index in [1.807, 2.05) is 56.3 Å². The molecule has 5 heteroatoms. The first kappa shape index (κ1) is 17.5. The zero-order valence-electron chi connectivity index (χ0n) is 14.6. The highest BCUT2D eigenvalue weighted by molar-refractivity contribution is 6.00. The molecule has 2 N–H and O–H groups in total. The normalized spacial score (nSPS) is 10.5. The number of aromatic hydroxyl groups is 1. The van der Waals surface area contributed by atoms with E-state index >= 15 is 0 Å². The summed E-state index contributed by atoms with van der Waals surface area (Å²) >= 11 is 0. The van der Waals surface area contributed by atoms with Crippen molar-refractivity contribution in [2.24, 2.45) is 0 Å². The summed E-state index contributed by atoms with van der Waals surface area (Å²) in [6.45, 7) is 3.38. The molecule has 26 heavy (non-hydrogen) atoms. The Kier molecular flexibility index (Phi) is 4.89. The summed E-state index contributed by atoms with van der Waals surface area (Å²) in [6, 6.07) is 16.1. The van der Waals surface area contributed by atoms with E-state index in [1.54, 1.807) is 6.07 Å². The van der Waals surface area contributed by atoms with Crippen molar-refractivity contribution in [2.45, 2.75) is 13.8 Å². The van der Waals surface area contributed by atoms with Crippen molar-refractivity contribution in [3.8, 4) is 5.75 Å². The summed E-state index contributed by atoms with van der Waals surface area (Å²) in [5, 5.41) is 14.4. The molecular formula is C21H19NO4. The maximum absolute atomic E-state index is 12.2. The second-order valence-electron chi connectivity index (χ2n) is 6.16. The summed E-state index contributed by atoms with van der Waals surface area (Å²) in [6.07, 6.45) is 0. The van der Waals surface area contributed by atoms with Gasteiger partial charge in [0.15, 0.2) is 6.61 Å². The molecule has 5 nitrogen and oxygen atoms in total. The molecule has 0 spiro atoms. The summed E-state index contributed by atoms with van der Waals surface area (Å²) in [5.41, 5.74) is 2.65. The zero-order valence-corrected chi connectivity index (χ0v) is 14.6. The van der Waals surface area contributed by atoms with Gasteiger partial charge in [-0.1, -0.05) is 36.4 Å². The Balaban J connectivity index is 1.68. The molecule has 0 saturated heterocycles. The first-order chi connectivity index (χ1) is 12.4. The highest BCUT2D eigenvalue weighted by Crippen LogP contribution is 2.25. The van der Waals surface area contributed by atoms with Gasteiger partial charge in [-0.25, -0.2) is 4.79 Å². The van der Waals surface area contributed by atoms with Crippen molar-refractivity contribution in [3.63, 3.8) is 0 Å². The monoisotopic (exact) mass is 349 g/mol. The molecule has 0 atom stereocenters. The van der Waals surface area contributed by atoms with Crippen LogP contribution in [-0.4, -0.2) is 23.6 Å². The predicted octanol–water partition coefficient (Wildman–Crippen LogP) is 3.96. The number of rotatable bonds is 4. The molecule has 0 aliphatic heterocycles. The van der Waals surface area contributed by atoms with Crippen molar-refractivity contribution in [1.29, 1.82) is 0 Å². The first-order valence-corrected chi connectivity index (χ1v) is 8.20. The van der Waals surface area contributed by atoms with E-state index in [4.69, 9.17) is 4.74 Å². The minimum atomic E-state index is -0.746. The van der Waals surface area contributed by atoms with Gasteiger partial charge in [-0.3, -0.25) is 4.79 Å². The number of hydrogen-bond acceptors (Lipinski definition) is 4. The number of fused-ring (bicyclic) bond motifs is 1. The van der Waals surface area contributed by atoms with Gasteiger partial charge >= 0.3 is 5.97 Å². The molecule has 0 radical (unpaired) electrons. The molecule has 0 aromatic heterocycles.